The van der Waals surface area contributed by atoms with Crippen molar-refractivity contribution in [3.63, 3.8) is 0 Å². The van der Waals surface area contributed by atoms with Crippen LogP contribution in [-0.4, -0.2) is 47.6 Å². The normalized spacial score (nSPS) is 23.8. The van der Waals surface area contributed by atoms with Gasteiger partial charge in [-0.05, 0) is 25.7 Å². The van der Waals surface area contributed by atoms with Gasteiger partial charge in [0.25, 0.3) is 0 Å². The molecule has 19 heavy (non-hydrogen) atoms. The second kappa shape index (κ2) is 6.89. The lowest BCUT2D eigenvalue weighted by molar-refractivity contribution is -0.132. The number of hydrogen-bond acceptors (Lipinski definition) is 3. The Bertz CT molecular complexity index is 327. The molecule has 1 saturated heterocycles. The minimum atomic E-state index is -0.0157. The second-order valence-corrected chi connectivity index (χ2v) is 5.59. The first-order valence-corrected chi connectivity index (χ1v) is 7.40. The van der Waals surface area contributed by atoms with Crippen LogP contribution in [0, 0.1) is 5.92 Å². The van der Waals surface area contributed by atoms with Gasteiger partial charge in [-0.3, -0.25) is 9.59 Å². The third-order valence-electron chi connectivity index (χ3n) is 4.27. The van der Waals surface area contributed by atoms with Crippen LogP contribution in [0.25, 0.3) is 0 Å². The fourth-order valence-electron chi connectivity index (χ4n) is 3.12. The summed E-state index contributed by atoms with van der Waals surface area (Å²) in [5.41, 5.74) is 0. The van der Waals surface area contributed by atoms with Crippen LogP contribution < -0.4 is 5.32 Å². The number of carbonyl (C=O) groups excluding carboxylic acids is 2. The van der Waals surface area contributed by atoms with E-state index in [1.54, 1.807) is 4.90 Å². The number of nitrogens with one attached hydrogen (secondary N) is 1. The Morgan fingerprint density at radius 2 is 1.89 bits per heavy atom. The first kappa shape index (κ1) is 14.3. The van der Waals surface area contributed by atoms with Crippen molar-refractivity contribution in [1.82, 2.24) is 10.2 Å². The van der Waals surface area contributed by atoms with Crippen LogP contribution in [-0.2, 0) is 9.59 Å². The van der Waals surface area contributed by atoms with E-state index in [9.17, 15) is 14.7 Å². The molecule has 0 aromatic heterocycles. The van der Waals surface area contributed by atoms with E-state index in [-0.39, 0.29) is 30.4 Å². The molecule has 1 unspecified atom stereocenters. The molecular weight excluding hydrogens is 244 g/mol. The first-order chi connectivity index (χ1) is 9.22. The molecule has 1 aliphatic heterocycles. The van der Waals surface area contributed by atoms with E-state index < -0.39 is 0 Å². The predicted octanol–water partition coefficient (Wildman–Crippen LogP) is 0.666. The summed E-state index contributed by atoms with van der Waals surface area (Å²) < 4.78 is 0. The highest BCUT2D eigenvalue weighted by molar-refractivity contribution is 5.80. The molecule has 5 heteroatoms. The van der Waals surface area contributed by atoms with E-state index in [1.165, 1.54) is 0 Å². The number of carbonyl (C=O) groups is 2. The number of likely N-dealkylation sites (tertiary alicyclic amines) is 1. The topological polar surface area (TPSA) is 69.6 Å². The van der Waals surface area contributed by atoms with Gasteiger partial charge in [0.2, 0.25) is 11.8 Å². The molecule has 1 atom stereocenters. The van der Waals surface area contributed by atoms with Gasteiger partial charge >= 0.3 is 0 Å². The molecular formula is C14H24N2O3. The summed E-state index contributed by atoms with van der Waals surface area (Å²) in [6, 6.07) is -0.0157. The van der Waals surface area contributed by atoms with Crippen molar-refractivity contribution < 1.29 is 14.7 Å². The number of nitrogens with zero attached hydrogens (tertiary/aromatic N) is 1. The number of amides is 2. The van der Waals surface area contributed by atoms with Gasteiger partial charge < -0.3 is 15.3 Å². The SMILES string of the molecule is O=C(NCCC(=O)N1CCCC1CO)C1CCCC1. The van der Waals surface area contributed by atoms with Crippen LogP contribution in [0.15, 0.2) is 0 Å². The highest BCUT2D eigenvalue weighted by Crippen LogP contribution is 2.24. The lowest BCUT2D eigenvalue weighted by Crippen LogP contribution is -2.40. The molecule has 0 radical (unpaired) electrons. The lowest BCUT2D eigenvalue weighted by Gasteiger charge is -2.23. The van der Waals surface area contributed by atoms with Gasteiger partial charge in [0.15, 0.2) is 0 Å². The Hall–Kier alpha value is -1.10. The quantitative estimate of drug-likeness (QED) is 0.770. The maximum Gasteiger partial charge on any atom is 0.224 e. The number of aliphatic hydroxyl groups excluding tert-OH is 1. The molecule has 2 amide bonds. The van der Waals surface area contributed by atoms with Gasteiger partial charge in [-0.1, -0.05) is 12.8 Å². The Kier molecular flexibility index (Phi) is 5.19. The molecule has 0 aromatic rings. The second-order valence-electron chi connectivity index (χ2n) is 5.59. The standard InChI is InChI=1S/C14H24N2O3/c17-10-12-6-3-9-16(12)13(18)7-8-15-14(19)11-4-1-2-5-11/h11-12,17H,1-10H2,(H,15,19). The monoisotopic (exact) mass is 268 g/mol. The van der Waals surface area contributed by atoms with Crippen molar-refractivity contribution in [2.24, 2.45) is 5.92 Å². The molecule has 2 aliphatic rings. The number of aliphatic hydroxyl groups is 1. The highest BCUT2D eigenvalue weighted by atomic mass is 16.3. The van der Waals surface area contributed by atoms with E-state index in [2.05, 4.69) is 5.32 Å². The summed E-state index contributed by atoms with van der Waals surface area (Å²) >= 11 is 0. The van der Waals surface area contributed by atoms with Crippen molar-refractivity contribution in [2.45, 2.75) is 51.0 Å². The van der Waals surface area contributed by atoms with E-state index in [1.807, 2.05) is 0 Å². The van der Waals surface area contributed by atoms with Gasteiger partial charge in [-0.15, -0.1) is 0 Å². The molecule has 0 aromatic carbocycles. The molecule has 2 N–H and O–H groups in total. The Balaban J connectivity index is 1.67. The third kappa shape index (κ3) is 3.69. The largest absolute Gasteiger partial charge is 0.394 e. The van der Waals surface area contributed by atoms with Crippen LogP contribution >= 0.6 is 0 Å². The van der Waals surface area contributed by atoms with Gasteiger partial charge in [-0.25, -0.2) is 0 Å². The predicted molar refractivity (Wildman–Crippen MR) is 71.4 cm³/mol. The zero-order valence-electron chi connectivity index (χ0n) is 11.4. The Labute approximate surface area is 114 Å². The first-order valence-electron chi connectivity index (χ1n) is 7.40. The summed E-state index contributed by atoms with van der Waals surface area (Å²) in [6.45, 7) is 1.20. The summed E-state index contributed by atoms with van der Waals surface area (Å²) in [7, 11) is 0. The average Bonchev–Trinajstić information content (AvgIpc) is 3.09. The smallest absolute Gasteiger partial charge is 0.224 e. The maximum atomic E-state index is 12.0. The molecule has 1 aliphatic carbocycles. The van der Waals surface area contributed by atoms with Crippen LogP contribution in [0.2, 0.25) is 0 Å². The van der Waals surface area contributed by atoms with Crippen molar-refractivity contribution in [3.8, 4) is 0 Å². The highest BCUT2D eigenvalue weighted by Gasteiger charge is 2.28. The fraction of sp³-hybridized carbons (Fsp3) is 0.857. The molecule has 1 heterocycles. The van der Waals surface area contributed by atoms with Gasteiger partial charge in [0, 0.05) is 25.4 Å². The van der Waals surface area contributed by atoms with E-state index in [0.717, 1.165) is 45.1 Å². The minimum absolute atomic E-state index is 0.0157. The summed E-state index contributed by atoms with van der Waals surface area (Å²) in [4.78, 5) is 25.5. The lowest BCUT2D eigenvalue weighted by atomic mass is 10.1. The number of rotatable bonds is 5. The molecule has 108 valence electrons. The van der Waals surface area contributed by atoms with Gasteiger partial charge in [0.05, 0.1) is 12.6 Å². The van der Waals surface area contributed by atoms with Gasteiger partial charge in [0.1, 0.15) is 0 Å². The van der Waals surface area contributed by atoms with Crippen LogP contribution in [0.4, 0.5) is 0 Å². The van der Waals surface area contributed by atoms with E-state index >= 15 is 0 Å². The Morgan fingerprint density at radius 1 is 1.16 bits per heavy atom. The van der Waals surface area contributed by atoms with Crippen molar-refractivity contribution in [3.05, 3.63) is 0 Å². The zero-order valence-corrected chi connectivity index (χ0v) is 11.4. The maximum absolute atomic E-state index is 12.0. The molecule has 0 bridgehead atoms. The molecule has 1 saturated carbocycles. The third-order valence-corrected chi connectivity index (χ3v) is 4.27. The van der Waals surface area contributed by atoms with Crippen molar-refractivity contribution in [2.75, 3.05) is 19.7 Å². The summed E-state index contributed by atoms with van der Waals surface area (Å²) in [5, 5.41) is 12.0. The fourth-order valence-corrected chi connectivity index (χ4v) is 3.12. The van der Waals surface area contributed by atoms with E-state index in [0.29, 0.717) is 13.0 Å². The van der Waals surface area contributed by atoms with Crippen molar-refractivity contribution in [1.29, 1.82) is 0 Å². The molecule has 2 fully saturated rings. The molecule has 5 nitrogen and oxygen atoms in total. The summed E-state index contributed by atoms with van der Waals surface area (Å²) in [5.74, 6) is 0.306. The van der Waals surface area contributed by atoms with Crippen LogP contribution in [0.3, 0.4) is 0 Å². The molecule has 2 rings (SSSR count). The van der Waals surface area contributed by atoms with Crippen LogP contribution in [0.1, 0.15) is 44.9 Å². The van der Waals surface area contributed by atoms with Crippen LogP contribution in [0.5, 0.6) is 0 Å². The number of hydrogen-bond donors (Lipinski definition) is 2. The van der Waals surface area contributed by atoms with E-state index in [4.69, 9.17) is 0 Å². The Morgan fingerprint density at radius 3 is 2.58 bits per heavy atom. The van der Waals surface area contributed by atoms with Gasteiger partial charge in [-0.2, -0.15) is 0 Å². The van der Waals surface area contributed by atoms with Crippen molar-refractivity contribution >= 4 is 11.8 Å². The molecule has 0 spiro atoms. The zero-order chi connectivity index (χ0) is 13.7. The average molecular weight is 268 g/mol. The summed E-state index contributed by atoms with van der Waals surface area (Å²) in [6.07, 6.45) is 6.44. The minimum Gasteiger partial charge on any atom is -0.394 e.